The van der Waals surface area contributed by atoms with Gasteiger partial charge < -0.3 is 10.5 Å². The van der Waals surface area contributed by atoms with Crippen molar-refractivity contribution in [2.75, 3.05) is 6.61 Å². The van der Waals surface area contributed by atoms with E-state index in [-0.39, 0.29) is 11.7 Å². The summed E-state index contributed by atoms with van der Waals surface area (Å²) in [5.74, 6) is -1.43. The Morgan fingerprint density at radius 3 is 2.89 bits per heavy atom. The van der Waals surface area contributed by atoms with E-state index in [9.17, 15) is 8.78 Å². The molecule has 1 aliphatic rings. The Bertz CT molecular complexity index is 501. The molecule has 0 aromatic heterocycles. The second-order valence-corrected chi connectivity index (χ2v) is 4.95. The smallest absolute Gasteiger partial charge is 0.162 e. The number of ether oxygens (including phenoxy) is 1. The zero-order chi connectivity index (χ0) is 13.9. The minimum atomic E-state index is -0.927. The van der Waals surface area contributed by atoms with E-state index in [0.29, 0.717) is 19.4 Å². The first-order valence-electron chi connectivity index (χ1n) is 6.33. The van der Waals surface area contributed by atoms with Gasteiger partial charge in [0.15, 0.2) is 11.6 Å². The number of nitriles is 1. The molecule has 1 fully saturated rings. The average Bonchev–Trinajstić information content (AvgIpc) is 2.76. The van der Waals surface area contributed by atoms with Gasteiger partial charge >= 0.3 is 0 Å². The van der Waals surface area contributed by atoms with Crippen molar-refractivity contribution in [2.45, 2.75) is 31.2 Å². The van der Waals surface area contributed by atoms with Crippen LogP contribution in [0, 0.1) is 28.9 Å². The number of halogens is 2. The van der Waals surface area contributed by atoms with Gasteiger partial charge in [0.25, 0.3) is 0 Å². The average molecular weight is 266 g/mol. The standard InChI is InChI=1S/C14H16F2N2O/c15-12-4-3-11(8-13(12)16)19-7-5-10-2-1-6-14(10,18)9-17/h3-4,8,10H,1-2,5-7,18H2. The van der Waals surface area contributed by atoms with Gasteiger partial charge in [-0.2, -0.15) is 5.26 Å². The lowest BCUT2D eigenvalue weighted by Gasteiger charge is -2.23. The Balaban J connectivity index is 1.87. The van der Waals surface area contributed by atoms with Crippen molar-refractivity contribution in [1.29, 1.82) is 5.26 Å². The summed E-state index contributed by atoms with van der Waals surface area (Å²) < 4.78 is 31.1. The van der Waals surface area contributed by atoms with E-state index in [1.807, 2.05) is 0 Å². The molecule has 19 heavy (non-hydrogen) atoms. The predicted octanol–water partition coefficient (Wildman–Crippen LogP) is 2.75. The minimum Gasteiger partial charge on any atom is -0.493 e. The summed E-state index contributed by atoms with van der Waals surface area (Å²) in [6, 6.07) is 5.60. The van der Waals surface area contributed by atoms with Crippen LogP contribution in [-0.4, -0.2) is 12.1 Å². The Hall–Kier alpha value is -1.67. The Morgan fingerprint density at radius 2 is 2.21 bits per heavy atom. The molecule has 1 saturated carbocycles. The molecule has 0 spiro atoms. The second kappa shape index (κ2) is 5.54. The van der Waals surface area contributed by atoms with Crippen LogP contribution in [0.2, 0.25) is 0 Å². The van der Waals surface area contributed by atoms with Gasteiger partial charge in [-0.1, -0.05) is 6.42 Å². The molecular formula is C14H16F2N2O. The van der Waals surface area contributed by atoms with Crippen molar-refractivity contribution in [1.82, 2.24) is 0 Å². The first-order valence-corrected chi connectivity index (χ1v) is 6.33. The van der Waals surface area contributed by atoms with Crippen LogP contribution in [0.25, 0.3) is 0 Å². The maximum absolute atomic E-state index is 13.0. The highest BCUT2D eigenvalue weighted by atomic mass is 19.2. The Labute approximate surface area is 111 Å². The van der Waals surface area contributed by atoms with Crippen LogP contribution in [0.5, 0.6) is 5.75 Å². The lowest BCUT2D eigenvalue weighted by Crippen LogP contribution is -2.42. The quantitative estimate of drug-likeness (QED) is 0.911. The van der Waals surface area contributed by atoms with Gasteiger partial charge in [-0.15, -0.1) is 0 Å². The van der Waals surface area contributed by atoms with Gasteiger partial charge in [0.2, 0.25) is 0 Å². The van der Waals surface area contributed by atoms with Crippen LogP contribution >= 0.6 is 0 Å². The summed E-state index contributed by atoms with van der Waals surface area (Å²) in [6.07, 6.45) is 3.20. The van der Waals surface area contributed by atoms with Crippen molar-refractivity contribution < 1.29 is 13.5 Å². The topological polar surface area (TPSA) is 59.0 Å². The van der Waals surface area contributed by atoms with Crippen LogP contribution in [0.4, 0.5) is 8.78 Å². The first kappa shape index (κ1) is 13.8. The minimum absolute atomic E-state index is 0.0998. The fourth-order valence-corrected chi connectivity index (χ4v) is 2.54. The monoisotopic (exact) mass is 266 g/mol. The maximum Gasteiger partial charge on any atom is 0.162 e. The fourth-order valence-electron chi connectivity index (χ4n) is 2.54. The third-order valence-electron chi connectivity index (χ3n) is 3.71. The number of nitrogens with zero attached hydrogens (tertiary/aromatic N) is 1. The molecule has 2 unspecified atom stereocenters. The number of nitrogens with two attached hydrogens (primary N) is 1. The van der Waals surface area contributed by atoms with Crippen LogP contribution in [-0.2, 0) is 0 Å². The number of hydrogen-bond donors (Lipinski definition) is 1. The van der Waals surface area contributed by atoms with Crippen LogP contribution in [0.3, 0.4) is 0 Å². The van der Waals surface area contributed by atoms with Crippen molar-refractivity contribution in [3.05, 3.63) is 29.8 Å². The first-order chi connectivity index (χ1) is 9.05. The highest BCUT2D eigenvalue weighted by Gasteiger charge is 2.39. The molecule has 5 heteroatoms. The Kier molecular flexibility index (Phi) is 4.01. The summed E-state index contributed by atoms with van der Waals surface area (Å²) in [4.78, 5) is 0. The third kappa shape index (κ3) is 3.02. The largest absolute Gasteiger partial charge is 0.493 e. The molecule has 0 aliphatic heterocycles. The predicted molar refractivity (Wildman–Crippen MR) is 66.3 cm³/mol. The molecule has 2 N–H and O–H groups in total. The van der Waals surface area contributed by atoms with E-state index in [0.717, 1.165) is 25.0 Å². The van der Waals surface area contributed by atoms with Crippen LogP contribution in [0.1, 0.15) is 25.7 Å². The summed E-state index contributed by atoms with van der Waals surface area (Å²) in [7, 11) is 0. The molecule has 0 amide bonds. The second-order valence-electron chi connectivity index (χ2n) is 4.95. The third-order valence-corrected chi connectivity index (χ3v) is 3.71. The van der Waals surface area contributed by atoms with Gasteiger partial charge in [-0.25, -0.2) is 8.78 Å². The van der Waals surface area contributed by atoms with Gasteiger partial charge in [0.1, 0.15) is 11.3 Å². The highest BCUT2D eigenvalue weighted by Crippen LogP contribution is 2.35. The zero-order valence-electron chi connectivity index (χ0n) is 10.5. The number of benzene rings is 1. The molecule has 1 aromatic rings. The molecule has 0 bridgehead atoms. The van der Waals surface area contributed by atoms with E-state index in [2.05, 4.69) is 6.07 Å². The van der Waals surface area contributed by atoms with Gasteiger partial charge in [0.05, 0.1) is 12.7 Å². The lowest BCUT2D eigenvalue weighted by molar-refractivity contribution is 0.253. The molecule has 2 atom stereocenters. The van der Waals surface area contributed by atoms with Crippen molar-refractivity contribution in [2.24, 2.45) is 11.7 Å². The summed E-state index contributed by atoms with van der Waals surface area (Å²) >= 11 is 0. The van der Waals surface area contributed by atoms with E-state index in [1.54, 1.807) is 0 Å². The van der Waals surface area contributed by atoms with E-state index in [1.165, 1.54) is 6.07 Å². The van der Waals surface area contributed by atoms with Gasteiger partial charge in [-0.05, 0) is 37.3 Å². The normalized spacial score (nSPS) is 26.1. The molecule has 2 rings (SSSR count). The molecule has 1 aromatic carbocycles. The SMILES string of the molecule is N#CC1(N)CCCC1CCOc1ccc(F)c(F)c1. The molecule has 0 heterocycles. The van der Waals surface area contributed by atoms with Crippen LogP contribution < -0.4 is 10.5 Å². The highest BCUT2D eigenvalue weighted by molar-refractivity contribution is 5.23. The molecule has 1 aliphatic carbocycles. The number of hydrogen-bond acceptors (Lipinski definition) is 3. The van der Waals surface area contributed by atoms with Gasteiger partial charge in [0, 0.05) is 6.07 Å². The molecule has 0 radical (unpaired) electrons. The van der Waals surface area contributed by atoms with Crippen LogP contribution in [0.15, 0.2) is 18.2 Å². The van der Waals surface area contributed by atoms with Crippen molar-refractivity contribution in [3.63, 3.8) is 0 Å². The lowest BCUT2D eigenvalue weighted by atomic mass is 9.87. The summed E-state index contributed by atoms with van der Waals surface area (Å²) in [5, 5.41) is 9.07. The summed E-state index contributed by atoms with van der Waals surface area (Å²) in [6.45, 7) is 0.344. The Morgan fingerprint density at radius 1 is 1.42 bits per heavy atom. The summed E-state index contributed by atoms with van der Waals surface area (Å²) in [5.41, 5.74) is 5.23. The number of rotatable bonds is 4. The molecule has 0 saturated heterocycles. The molecule has 102 valence electrons. The molecular weight excluding hydrogens is 250 g/mol. The zero-order valence-corrected chi connectivity index (χ0v) is 10.5. The maximum atomic E-state index is 13.0. The van der Waals surface area contributed by atoms with Crippen molar-refractivity contribution >= 4 is 0 Å². The van der Waals surface area contributed by atoms with E-state index in [4.69, 9.17) is 15.7 Å². The van der Waals surface area contributed by atoms with Crippen molar-refractivity contribution in [3.8, 4) is 11.8 Å². The fraction of sp³-hybridized carbons (Fsp3) is 0.500. The van der Waals surface area contributed by atoms with E-state index < -0.39 is 17.2 Å². The van der Waals surface area contributed by atoms with Gasteiger partial charge in [-0.3, -0.25) is 0 Å². The van der Waals surface area contributed by atoms with E-state index >= 15 is 0 Å². The molecule has 3 nitrogen and oxygen atoms in total.